The molecular formula is C7H7N3O3. The summed E-state index contributed by atoms with van der Waals surface area (Å²) in [4.78, 5) is 23.0. The molecule has 1 rings (SSSR count). The van der Waals surface area contributed by atoms with Crippen molar-refractivity contribution in [2.45, 2.75) is 0 Å². The fourth-order valence-corrected chi connectivity index (χ4v) is 0.755. The third-order valence-electron chi connectivity index (χ3n) is 1.39. The first-order valence-electron chi connectivity index (χ1n) is 3.46. The van der Waals surface area contributed by atoms with E-state index in [1.54, 1.807) is 6.07 Å². The van der Waals surface area contributed by atoms with Crippen LogP contribution in [0, 0.1) is 11.3 Å². The highest BCUT2D eigenvalue weighted by atomic mass is 16.5. The zero-order chi connectivity index (χ0) is 9.84. The normalized spacial score (nSPS) is 9.23. The average Bonchev–Trinajstić information content (AvgIpc) is 2.51. The van der Waals surface area contributed by atoms with Crippen LogP contribution in [0.4, 0.5) is 0 Å². The van der Waals surface area contributed by atoms with Gasteiger partial charge in [-0.05, 0) is 0 Å². The minimum absolute atomic E-state index is 0.0479. The van der Waals surface area contributed by atoms with E-state index >= 15 is 0 Å². The molecule has 0 spiro atoms. The monoisotopic (exact) mass is 181 g/mol. The van der Waals surface area contributed by atoms with Gasteiger partial charge in [-0.3, -0.25) is 9.59 Å². The van der Waals surface area contributed by atoms with Crippen molar-refractivity contribution in [3.8, 4) is 6.07 Å². The van der Waals surface area contributed by atoms with Crippen LogP contribution in [0.15, 0.2) is 15.4 Å². The first-order valence-corrected chi connectivity index (χ1v) is 3.46. The fourth-order valence-electron chi connectivity index (χ4n) is 0.755. The van der Waals surface area contributed by atoms with E-state index in [9.17, 15) is 9.59 Å². The zero-order valence-electron chi connectivity index (χ0n) is 6.90. The second-order valence-electron chi connectivity index (χ2n) is 2.40. The maximum Gasteiger partial charge on any atom is 0.293 e. The van der Waals surface area contributed by atoms with E-state index in [2.05, 4.69) is 4.52 Å². The van der Waals surface area contributed by atoms with Crippen molar-refractivity contribution in [3.05, 3.63) is 22.2 Å². The molecule has 68 valence electrons. The average molecular weight is 181 g/mol. The molecule has 0 aromatic carbocycles. The van der Waals surface area contributed by atoms with Crippen LogP contribution in [0.25, 0.3) is 0 Å². The van der Waals surface area contributed by atoms with Crippen molar-refractivity contribution in [1.82, 2.24) is 10.1 Å². The summed E-state index contributed by atoms with van der Waals surface area (Å²) >= 11 is 0. The Morgan fingerprint density at radius 1 is 1.85 bits per heavy atom. The number of nitriles is 1. The molecule has 1 aromatic rings. The molecule has 0 atom stereocenters. The first kappa shape index (κ1) is 9.06. The third-order valence-corrected chi connectivity index (χ3v) is 1.39. The van der Waals surface area contributed by atoms with Gasteiger partial charge >= 0.3 is 0 Å². The third kappa shape index (κ3) is 1.96. The van der Waals surface area contributed by atoms with Crippen molar-refractivity contribution >= 4 is 5.91 Å². The SMILES string of the molecule is CN(CC#N)C(=O)c1cc(=O)[nH]o1. The summed E-state index contributed by atoms with van der Waals surface area (Å²) in [6, 6.07) is 2.84. The predicted octanol–water partition coefficient (Wildman–Crippen LogP) is -0.437. The van der Waals surface area contributed by atoms with Crippen molar-refractivity contribution in [3.63, 3.8) is 0 Å². The molecule has 0 radical (unpaired) electrons. The van der Waals surface area contributed by atoms with Gasteiger partial charge in [-0.25, -0.2) is 0 Å². The minimum Gasteiger partial charge on any atom is -0.373 e. The molecule has 1 heterocycles. The molecule has 0 saturated heterocycles. The van der Waals surface area contributed by atoms with Crippen LogP contribution in [-0.2, 0) is 0 Å². The number of H-pyrrole nitrogens is 1. The Balaban J connectivity index is 2.80. The number of hydrogen-bond donors (Lipinski definition) is 1. The van der Waals surface area contributed by atoms with Crippen LogP contribution in [-0.4, -0.2) is 29.6 Å². The molecule has 0 aliphatic heterocycles. The highest BCUT2D eigenvalue weighted by molar-refractivity contribution is 5.91. The molecule has 0 fully saturated rings. The Kier molecular flexibility index (Phi) is 2.50. The zero-order valence-corrected chi connectivity index (χ0v) is 6.90. The lowest BCUT2D eigenvalue weighted by Gasteiger charge is -2.09. The Hall–Kier alpha value is -2.03. The molecule has 1 amide bonds. The van der Waals surface area contributed by atoms with Crippen LogP contribution >= 0.6 is 0 Å². The Morgan fingerprint density at radius 3 is 3.00 bits per heavy atom. The predicted molar refractivity (Wildman–Crippen MR) is 41.9 cm³/mol. The number of aromatic amines is 1. The molecule has 0 saturated carbocycles. The van der Waals surface area contributed by atoms with Gasteiger partial charge in [0.2, 0.25) is 5.76 Å². The summed E-state index contributed by atoms with van der Waals surface area (Å²) in [6.07, 6.45) is 0. The summed E-state index contributed by atoms with van der Waals surface area (Å²) in [5, 5.41) is 10.3. The van der Waals surface area contributed by atoms with E-state index in [0.29, 0.717) is 0 Å². The van der Waals surface area contributed by atoms with Gasteiger partial charge in [0.25, 0.3) is 11.5 Å². The highest BCUT2D eigenvalue weighted by Gasteiger charge is 2.15. The minimum atomic E-state index is -0.500. The summed E-state index contributed by atoms with van der Waals surface area (Å²) < 4.78 is 4.56. The van der Waals surface area contributed by atoms with Gasteiger partial charge < -0.3 is 9.42 Å². The molecule has 0 unspecified atom stereocenters. The van der Waals surface area contributed by atoms with Crippen molar-refractivity contribution in [2.75, 3.05) is 13.6 Å². The maximum absolute atomic E-state index is 11.3. The lowest BCUT2D eigenvalue weighted by atomic mass is 10.4. The highest BCUT2D eigenvalue weighted by Crippen LogP contribution is 1.97. The van der Waals surface area contributed by atoms with Gasteiger partial charge in [-0.15, -0.1) is 0 Å². The molecule has 0 aliphatic carbocycles. The Bertz CT molecular complexity index is 398. The summed E-state index contributed by atoms with van der Waals surface area (Å²) in [6.45, 7) is -0.0479. The van der Waals surface area contributed by atoms with E-state index in [1.807, 2.05) is 5.16 Å². The lowest BCUT2D eigenvalue weighted by molar-refractivity contribution is 0.0771. The lowest BCUT2D eigenvalue weighted by Crippen LogP contribution is -2.26. The van der Waals surface area contributed by atoms with E-state index in [0.717, 1.165) is 11.0 Å². The molecular weight excluding hydrogens is 174 g/mol. The van der Waals surface area contributed by atoms with Gasteiger partial charge in [-0.2, -0.15) is 10.4 Å². The number of carbonyl (C=O) groups is 1. The van der Waals surface area contributed by atoms with Crippen LogP contribution in [0.5, 0.6) is 0 Å². The van der Waals surface area contributed by atoms with Gasteiger partial charge in [0.15, 0.2) is 0 Å². The van der Waals surface area contributed by atoms with Crippen molar-refractivity contribution < 1.29 is 9.32 Å². The second kappa shape index (κ2) is 3.58. The number of nitrogens with one attached hydrogen (secondary N) is 1. The number of nitrogens with zero attached hydrogens (tertiary/aromatic N) is 2. The number of aromatic nitrogens is 1. The molecule has 1 aromatic heterocycles. The molecule has 0 aliphatic rings. The second-order valence-corrected chi connectivity index (χ2v) is 2.40. The van der Waals surface area contributed by atoms with Gasteiger partial charge in [-0.1, -0.05) is 0 Å². The molecule has 0 bridgehead atoms. The maximum atomic E-state index is 11.3. The number of amides is 1. The van der Waals surface area contributed by atoms with E-state index in [-0.39, 0.29) is 12.3 Å². The number of rotatable bonds is 2. The van der Waals surface area contributed by atoms with Crippen molar-refractivity contribution in [2.24, 2.45) is 0 Å². The quantitative estimate of drug-likeness (QED) is 0.626. The standard InChI is InChI=1S/C7H7N3O3/c1-10(3-2-8)7(12)5-4-6(11)9-13-5/h4H,3H2,1H3,(H,9,11). The number of carbonyl (C=O) groups excluding carboxylic acids is 1. The summed E-state index contributed by atoms with van der Waals surface area (Å²) in [5.41, 5.74) is -0.478. The Labute approximate surface area is 73.3 Å². The van der Waals surface area contributed by atoms with Gasteiger partial charge in [0.05, 0.1) is 12.1 Å². The van der Waals surface area contributed by atoms with E-state index in [1.165, 1.54) is 7.05 Å². The summed E-state index contributed by atoms with van der Waals surface area (Å²) in [7, 11) is 1.44. The van der Waals surface area contributed by atoms with E-state index in [4.69, 9.17) is 5.26 Å². The van der Waals surface area contributed by atoms with Crippen LogP contribution in [0.3, 0.4) is 0 Å². The van der Waals surface area contributed by atoms with E-state index < -0.39 is 11.5 Å². The smallest absolute Gasteiger partial charge is 0.293 e. The molecule has 6 heteroatoms. The Morgan fingerprint density at radius 2 is 2.54 bits per heavy atom. The topological polar surface area (TPSA) is 90.1 Å². The van der Waals surface area contributed by atoms with Crippen LogP contribution < -0.4 is 5.56 Å². The first-order chi connectivity index (χ1) is 6.15. The number of hydrogen-bond acceptors (Lipinski definition) is 4. The fraction of sp³-hybridized carbons (Fsp3) is 0.286. The van der Waals surface area contributed by atoms with Gasteiger partial charge in [0.1, 0.15) is 6.54 Å². The largest absolute Gasteiger partial charge is 0.373 e. The molecule has 6 nitrogen and oxygen atoms in total. The molecule has 1 N–H and O–H groups in total. The molecule has 13 heavy (non-hydrogen) atoms. The van der Waals surface area contributed by atoms with Crippen molar-refractivity contribution in [1.29, 1.82) is 5.26 Å². The summed E-state index contributed by atoms with van der Waals surface area (Å²) in [5.74, 6) is -0.595. The van der Waals surface area contributed by atoms with Crippen LogP contribution in [0.2, 0.25) is 0 Å². The van der Waals surface area contributed by atoms with Crippen LogP contribution in [0.1, 0.15) is 10.6 Å². The van der Waals surface area contributed by atoms with Gasteiger partial charge in [0, 0.05) is 7.05 Å².